The molecule has 0 amide bonds. The highest BCUT2D eigenvalue weighted by Gasteiger charge is 2.26. The number of hydrogen-bond donors (Lipinski definition) is 3. The molecule has 0 aromatic carbocycles. The van der Waals surface area contributed by atoms with E-state index in [2.05, 4.69) is 23.7 Å². The number of hydrogen-bond acceptors (Lipinski definition) is 7. The van der Waals surface area contributed by atoms with Gasteiger partial charge in [-0.1, -0.05) is 206 Å². The molecule has 0 aliphatic rings. The Labute approximate surface area is 351 Å². The number of rotatable bonds is 45. The lowest BCUT2D eigenvalue weighted by atomic mass is 10.0. The molecule has 0 heterocycles. The molecule has 1 atom stereocenters. The maximum absolute atomic E-state index is 13.1. The number of carbonyl (C=O) groups excluding carboxylic acids is 2. The topological polar surface area (TPSA) is 131 Å². The molecule has 0 saturated carbocycles. The van der Waals surface area contributed by atoms with Crippen LogP contribution in [0.5, 0.6) is 0 Å². The van der Waals surface area contributed by atoms with Gasteiger partial charge in [0.15, 0.2) is 0 Å². The molecule has 0 aromatic heterocycles. The van der Waals surface area contributed by atoms with Crippen LogP contribution in [0.15, 0.2) is 0 Å². The van der Waals surface area contributed by atoms with Crippen LogP contribution in [-0.2, 0) is 28.2 Å². The van der Waals surface area contributed by atoms with Gasteiger partial charge in [0.2, 0.25) is 0 Å². The number of likely N-dealkylation sites (N-methyl/N-ethyl adjacent to an activating group) is 1. The standard InChI is InChI=1S/C46H93N2O8P/c1-5-7-9-11-13-15-17-19-21-23-25-27-29-31-33-35-40-54-45(49)38-37-44(47-43-48(3,4)39-42-56-57(51,52)53)46(50)55-41-36-34-32-30-28-26-24-22-20-18-16-14-12-10-8-6-2/h44,47H,5-43H2,1-4H3,(H-,51,52,53)/p+1/t44-/m0/s1. The Balaban J connectivity index is 4.25. The fourth-order valence-electron chi connectivity index (χ4n) is 7.24. The average molecular weight is 834 g/mol. The minimum absolute atomic E-state index is 0.111. The fourth-order valence-corrected chi connectivity index (χ4v) is 7.56. The number of phosphoric ester groups is 1. The molecular formula is C46H94N2O8P+. The van der Waals surface area contributed by atoms with E-state index in [1.807, 2.05) is 14.1 Å². The zero-order valence-electron chi connectivity index (χ0n) is 37.9. The van der Waals surface area contributed by atoms with Gasteiger partial charge in [0.1, 0.15) is 25.9 Å². The molecule has 0 radical (unpaired) electrons. The highest BCUT2D eigenvalue weighted by atomic mass is 31.2. The van der Waals surface area contributed by atoms with E-state index in [1.54, 1.807) is 0 Å². The summed E-state index contributed by atoms with van der Waals surface area (Å²) >= 11 is 0. The van der Waals surface area contributed by atoms with E-state index in [0.29, 0.717) is 30.9 Å². The predicted molar refractivity (Wildman–Crippen MR) is 237 cm³/mol. The quantitative estimate of drug-likeness (QED) is 0.0180. The van der Waals surface area contributed by atoms with Crippen LogP contribution >= 0.6 is 7.82 Å². The molecule has 0 aliphatic heterocycles. The smallest absolute Gasteiger partial charge is 0.466 e. The van der Waals surface area contributed by atoms with Crippen LogP contribution in [0.3, 0.4) is 0 Å². The molecule has 0 aliphatic carbocycles. The number of nitrogens with zero attached hydrogens (tertiary/aromatic N) is 1. The molecule has 0 bridgehead atoms. The summed E-state index contributed by atoms with van der Waals surface area (Å²) in [7, 11) is -0.798. The second-order valence-corrected chi connectivity index (χ2v) is 18.7. The van der Waals surface area contributed by atoms with Crippen molar-refractivity contribution < 1.29 is 42.4 Å². The fraction of sp³-hybridized carbons (Fsp3) is 0.957. The van der Waals surface area contributed by atoms with Gasteiger partial charge in [-0.15, -0.1) is 0 Å². The summed E-state index contributed by atoms with van der Waals surface area (Å²) in [5, 5.41) is 3.24. The van der Waals surface area contributed by atoms with Gasteiger partial charge >= 0.3 is 19.8 Å². The van der Waals surface area contributed by atoms with Crippen molar-refractivity contribution in [2.24, 2.45) is 0 Å². The first-order valence-electron chi connectivity index (χ1n) is 24.1. The van der Waals surface area contributed by atoms with Gasteiger partial charge < -0.3 is 23.7 Å². The van der Waals surface area contributed by atoms with Crippen molar-refractivity contribution in [3.8, 4) is 0 Å². The third kappa shape index (κ3) is 42.9. The third-order valence-electron chi connectivity index (χ3n) is 11.1. The summed E-state index contributed by atoms with van der Waals surface area (Å²) in [5.74, 6) is -0.690. The summed E-state index contributed by atoms with van der Waals surface area (Å²) < 4.78 is 27.2. The zero-order chi connectivity index (χ0) is 42.1. The normalized spacial score (nSPS) is 12.6. The SMILES string of the molecule is CCCCCCCCCCCCCCCCCCOC(=O)CC[C@H](NC[N+](C)(C)CCOP(=O)(O)O)C(=O)OCCCCCCCCCCCCCCCCCC. The number of nitrogens with one attached hydrogen (secondary N) is 1. The largest absolute Gasteiger partial charge is 0.469 e. The minimum Gasteiger partial charge on any atom is -0.466 e. The highest BCUT2D eigenvalue weighted by molar-refractivity contribution is 7.46. The van der Waals surface area contributed by atoms with Gasteiger partial charge in [-0.05, 0) is 19.3 Å². The third-order valence-corrected chi connectivity index (χ3v) is 11.7. The van der Waals surface area contributed by atoms with Crippen molar-refractivity contribution in [1.82, 2.24) is 5.32 Å². The van der Waals surface area contributed by atoms with E-state index in [1.165, 1.54) is 173 Å². The lowest BCUT2D eigenvalue weighted by Gasteiger charge is -2.31. The van der Waals surface area contributed by atoms with Crippen molar-refractivity contribution >= 4 is 19.8 Å². The summed E-state index contributed by atoms with van der Waals surface area (Å²) in [5.41, 5.74) is 0. The summed E-state index contributed by atoms with van der Waals surface area (Å²) in [6.07, 6.45) is 41.6. The van der Waals surface area contributed by atoms with E-state index in [0.717, 1.165) is 32.1 Å². The first-order valence-corrected chi connectivity index (χ1v) is 25.6. The lowest BCUT2D eigenvalue weighted by molar-refractivity contribution is -0.893. The van der Waals surface area contributed by atoms with Crippen molar-refractivity contribution in [2.45, 2.75) is 238 Å². The molecule has 57 heavy (non-hydrogen) atoms. The Bertz CT molecular complexity index is 947. The van der Waals surface area contributed by atoms with Gasteiger partial charge in [-0.25, -0.2) is 4.57 Å². The number of quaternary nitrogens is 1. The van der Waals surface area contributed by atoms with E-state index >= 15 is 0 Å². The van der Waals surface area contributed by atoms with Gasteiger partial charge in [-0.3, -0.25) is 19.4 Å². The van der Waals surface area contributed by atoms with Crippen molar-refractivity contribution in [3.05, 3.63) is 0 Å². The minimum atomic E-state index is -4.55. The molecule has 0 fully saturated rings. The molecule has 0 rings (SSSR count). The van der Waals surface area contributed by atoms with E-state index in [9.17, 15) is 14.2 Å². The maximum atomic E-state index is 13.1. The number of unbranched alkanes of at least 4 members (excludes halogenated alkanes) is 30. The highest BCUT2D eigenvalue weighted by Crippen LogP contribution is 2.35. The summed E-state index contributed by atoms with van der Waals surface area (Å²) in [6, 6.07) is -0.686. The van der Waals surface area contributed by atoms with Crippen molar-refractivity contribution in [1.29, 1.82) is 0 Å². The van der Waals surface area contributed by atoms with E-state index in [4.69, 9.17) is 19.3 Å². The Morgan fingerprint density at radius 2 is 0.860 bits per heavy atom. The maximum Gasteiger partial charge on any atom is 0.469 e. The monoisotopic (exact) mass is 834 g/mol. The Morgan fingerprint density at radius 1 is 0.526 bits per heavy atom. The molecular weight excluding hydrogens is 739 g/mol. The zero-order valence-corrected chi connectivity index (χ0v) is 38.8. The Morgan fingerprint density at radius 3 is 1.21 bits per heavy atom. The lowest BCUT2D eigenvalue weighted by Crippen LogP contribution is -2.53. The number of esters is 2. The average Bonchev–Trinajstić information content (AvgIpc) is 3.16. The van der Waals surface area contributed by atoms with Crippen molar-refractivity contribution in [2.75, 3.05) is 47.1 Å². The van der Waals surface area contributed by atoms with Crippen LogP contribution in [0.1, 0.15) is 232 Å². The van der Waals surface area contributed by atoms with Crippen LogP contribution in [0.4, 0.5) is 0 Å². The molecule has 3 N–H and O–H groups in total. The molecule has 0 unspecified atom stereocenters. The molecule has 0 spiro atoms. The molecule has 0 aromatic rings. The van der Waals surface area contributed by atoms with Gasteiger partial charge in [0.25, 0.3) is 0 Å². The Kier molecular flexibility index (Phi) is 39.7. The van der Waals surface area contributed by atoms with Crippen LogP contribution in [0.25, 0.3) is 0 Å². The van der Waals surface area contributed by atoms with Gasteiger partial charge in [-0.2, -0.15) is 0 Å². The van der Waals surface area contributed by atoms with Gasteiger partial charge in [0, 0.05) is 6.42 Å². The van der Waals surface area contributed by atoms with E-state index in [-0.39, 0.29) is 31.4 Å². The van der Waals surface area contributed by atoms with Crippen LogP contribution in [0.2, 0.25) is 0 Å². The number of carbonyl (C=O) groups is 2. The van der Waals surface area contributed by atoms with Crippen LogP contribution in [-0.4, -0.2) is 79.4 Å². The first kappa shape index (κ1) is 56.0. The molecule has 340 valence electrons. The Hall–Kier alpha value is -1.03. The molecule has 11 heteroatoms. The summed E-state index contributed by atoms with van der Waals surface area (Å²) in [4.78, 5) is 43.8. The second kappa shape index (κ2) is 40.4. The number of ether oxygens (including phenoxy) is 2. The number of phosphoric acid groups is 1. The molecule has 0 saturated heterocycles. The first-order chi connectivity index (χ1) is 27.5. The van der Waals surface area contributed by atoms with Crippen molar-refractivity contribution in [3.63, 3.8) is 0 Å². The summed E-state index contributed by atoms with van der Waals surface area (Å²) in [6.45, 7) is 5.82. The molecule has 10 nitrogen and oxygen atoms in total. The predicted octanol–water partition coefficient (Wildman–Crippen LogP) is 12.5. The van der Waals surface area contributed by atoms with Gasteiger partial charge in [0.05, 0.1) is 27.3 Å². The van der Waals surface area contributed by atoms with Crippen LogP contribution in [0, 0.1) is 0 Å². The van der Waals surface area contributed by atoms with E-state index < -0.39 is 13.9 Å². The van der Waals surface area contributed by atoms with Crippen LogP contribution < -0.4 is 5.32 Å². The second-order valence-electron chi connectivity index (χ2n) is 17.4.